The van der Waals surface area contributed by atoms with Gasteiger partial charge in [0.2, 0.25) is 5.91 Å². The fourth-order valence-corrected chi connectivity index (χ4v) is 4.05. The highest BCUT2D eigenvalue weighted by Crippen LogP contribution is 2.25. The average molecular weight is 414 g/mol. The minimum absolute atomic E-state index is 0.00687. The summed E-state index contributed by atoms with van der Waals surface area (Å²) in [5.74, 6) is 0.00687. The molecule has 1 unspecified atom stereocenters. The lowest BCUT2D eigenvalue weighted by Gasteiger charge is -2.19. The second-order valence-electron chi connectivity index (χ2n) is 8.99. The molecule has 0 saturated heterocycles. The van der Waals surface area contributed by atoms with E-state index in [1.54, 1.807) is 11.6 Å². The highest BCUT2D eigenvalue weighted by molar-refractivity contribution is 8.00. The number of nitrogens with zero attached hydrogens (tertiary/aromatic N) is 2. The van der Waals surface area contributed by atoms with Gasteiger partial charge in [-0.05, 0) is 43.2 Å². The molecule has 1 heterocycles. The first-order chi connectivity index (χ1) is 13.6. The van der Waals surface area contributed by atoms with Crippen LogP contribution in [0.25, 0.3) is 0 Å². The van der Waals surface area contributed by atoms with Crippen LogP contribution in [-0.2, 0) is 23.7 Å². The number of thioether (sulfide) groups is 1. The molecule has 1 aliphatic carbocycles. The number of aromatic nitrogens is 2. The van der Waals surface area contributed by atoms with Gasteiger partial charge in [0.15, 0.2) is 5.16 Å². The maximum atomic E-state index is 13.0. The third-order valence-electron chi connectivity index (χ3n) is 5.33. The summed E-state index contributed by atoms with van der Waals surface area (Å²) in [6.45, 7) is 10.3. The minimum Gasteiger partial charge on any atom is -0.352 e. The normalized spacial score (nSPS) is 15.2. The highest BCUT2D eigenvalue weighted by Gasteiger charge is 2.27. The summed E-state index contributed by atoms with van der Waals surface area (Å²) in [5.41, 5.74) is 3.86. The van der Waals surface area contributed by atoms with Gasteiger partial charge in [-0.15, -0.1) is 0 Å². The summed E-state index contributed by atoms with van der Waals surface area (Å²) in [4.78, 5) is 29.9. The number of rotatable bonds is 6. The Morgan fingerprint density at radius 1 is 1.28 bits per heavy atom. The fraction of sp³-hybridized carbons (Fsp3) is 0.522. The van der Waals surface area contributed by atoms with Crippen molar-refractivity contribution < 1.29 is 4.79 Å². The van der Waals surface area contributed by atoms with Gasteiger partial charge in [-0.1, -0.05) is 56.8 Å². The van der Waals surface area contributed by atoms with Crippen LogP contribution in [-0.4, -0.2) is 26.8 Å². The van der Waals surface area contributed by atoms with Gasteiger partial charge in [-0.25, -0.2) is 4.98 Å². The zero-order valence-corrected chi connectivity index (χ0v) is 19.0. The summed E-state index contributed by atoms with van der Waals surface area (Å²) in [6.07, 6.45) is 2.67. The number of carbonyl (C=O) groups excluding carboxylic acids is 1. The predicted octanol–water partition coefficient (Wildman–Crippen LogP) is 3.74. The van der Waals surface area contributed by atoms with Crippen LogP contribution < -0.4 is 10.9 Å². The van der Waals surface area contributed by atoms with Crippen molar-refractivity contribution in [1.29, 1.82) is 0 Å². The molecule has 6 heteroatoms. The van der Waals surface area contributed by atoms with Crippen molar-refractivity contribution in [2.24, 2.45) is 7.05 Å². The number of hydrogen-bond acceptors (Lipinski definition) is 4. The van der Waals surface area contributed by atoms with Crippen LogP contribution in [0.4, 0.5) is 0 Å². The summed E-state index contributed by atoms with van der Waals surface area (Å²) >= 11 is 1.34. The third kappa shape index (κ3) is 5.30. The lowest BCUT2D eigenvalue weighted by molar-refractivity contribution is -0.120. The summed E-state index contributed by atoms with van der Waals surface area (Å²) < 4.78 is 1.57. The topological polar surface area (TPSA) is 64.0 Å². The van der Waals surface area contributed by atoms with E-state index in [2.05, 4.69) is 55.3 Å². The van der Waals surface area contributed by atoms with Gasteiger partial charge in [0.25, 0.3) is 5.56 Å². The number of nitrogens with one attached hydrogen (secondary N) is 1. The Morgan fingerprint density at radius 2 is 1.90 bits per heavy atom. The Balaban J connectivity index is 1.78. The average Bonchev–Trinajstić information content (AvgIpc) is 3.46. The van der Waals surface area contributed by atoms with E-state index in [9.17, 15) is 9.59 Å². The number of hydrogen-bond donors (Lipinski definition) is 1. The van der Waals surface area contributed by atoms with Gasteiger partial charge in [-0.2, -0.15) is 0 Å². The van der Waals surface area contributed by atoms with Gasteiger partial charge < -0.3 is 5.32 Å². The second kappa shape index (κ2) is 8.34. The highest BCUT2D eigenvalue weighted by atomic mass is 32.2. The molecule has 0 radical (unpaired) electrons. The van der Waals surface area contributed by atoms with E-state index >= 15 is 0 Å². The van der Waals surface area contributed by atoms with E-state index in [4.69, 9.17) is 0 Å². The van der Waals surface area contributed by atoms with Gasteiger partial charge in [0.1, 0.15) is 0 Å². The molecule has 1 fully saturated rings. The van der Waals surface area contributed by atoms with E-state index in [1.807, 2.05) is 13.8 Å². The van der Waals surface area contributed by atoms with E-state index < -0.39 is 0 Å². The predicted molar refractivity (Wildman–Crippen MR) is 119 cm³/mol. The van der Waals surface area contributed by atoms with Crippen LogP contribution in [0.3, 0.4) is 0 Å². The smallest absolute Gasteiger partial charge is 0.257 e. The molecular formula is C23H31N3O2S. The molecule has 3 rings (SSSR count). The maximum Gasteiger partial charge on any atom is 0.257 e. The lowest BCUT2D eigenvalue weighted by Crippen LogP contribution is -2.33. The molecule has 29 heavy (non-hydrogen) atoms. The molecule has 1 aromatic carbocycles. The molecule has 156 valence electrons. The molecule has 0 aliphatic heterocycles. The van der Waals surface area contributed by atoms with Crippen molar-refractivity contribution in [3.63, 3.8) is 0 Å². The SMILES string of the molecule is Cc1nc(SC(C)C(=O)NC2CC2)n(C)c(=O)c1Cc1ccc(C(C)(C)C)cc1. The molecular weight excluding hydrogens is 382 g/mol. The van der Waals surface area contributed by atoms with Crippen LogP contribution in [0.2, 0.25) is 0 Å². The van der Waals surface area contributed by atoms with Gasteiger partial charge >= 0.3 is 0 Å². The number of carbonyl (C=O) groups is 1. The van der Waals surface area contributed by atoms with Crippen LogP contribution in [0.5, 0.6) is 0 Å². The van der Waals surface area contributed by atoms with Gasteiger partial charge in [0, 0.05) is 30.8 Å². The lowest BCUT2D eigenvalue weighted by atomic mass is 9.86. The fourth-order valence-electron chi connectivity index (χ4n) is 3.12. The van der Waals surface area contributed by atoms with Crippen LogP contribution in [0.1, 0.15) is 62.9 Å². The maximum absolute atomic E-state index is 13.0. The van der Waals surface area contributed by atoms with Gasteiger partial charge in [-0.3, -0.25) is 14.2 Å². The zero-order valence-electron chi connectivity index (χ0n) is 18.2. The summed E-state index contributed by atoms with van der Waals surface area (Å²) in [7, 11) is 1.73. The molecule has 0 bridgehead atoms. The quantitative estimate of drug-likeness (QED) is 0.579. The van der Waals surface area contributed by atoms with Crippen LogP contribution >= 0.6 is 11.8 Å². The molecule has 0 spiro atoms. The molecule has 1 aliphatic rings. The molecule has 2 aromatic rings. The first kappa shape index (κ1) is 21.6. The number of aryl methyl sites for hydroxylation is 1. The molecule has 1 saturated carbocycles. The molecule has 1 amide bonds. The van der Waals surface area contributed by atoms with Crippen molar-refractivity contribution in [3.8, 4) is 0 Å². The first-order valence-electron chi connectivity index (χ1n) is 10.2. The summed E-state index contributed by atoms with van der Waals surface area (Å²) in [5, 5.41) is 3.30. The van der Waals surface area contributed by atoms with Crippen molar-refractivity contribution in [2.45, 2.75) is 75.7 Å². The number of amides is 1. The standard InChI is InChI=1S/C23H31N3O2S/c1-14-19(13-16-7-9-17(10-8-16)23(3,4)5)21(28)26(6)22(24-14)29-15(2)20(27)25-18-11-12-18/h7-10,15,18H,11-13H2,1-6H3,(H,25,27). The molecule has 1 N–H and O–H groups in total. The van der Waals surface area contributed by atoms with E-state index in [-0.39, 0.29) is 22.1 Å². The second-order valence-corrected chi connectivity index (χ2v) is 10.3. The van der Waals surface area contributed by atoms with Crippen molar-refractivity contribution in [3.05, 3.63) is 57.0 Å². The first-order valence-corrected chi connectivity index (χ1v) is 11.1. The Kier molecular flexibility index (Phi) is 6.22. The van der Waals surface area contributed by atoms with Crippen LogP contribution in [0.15, 0.2) is 34.2 Å². The summed E-state index contributed by atoms with van der Waals surface area (Å²) in [6, 6.07) is 8.77. The van der Waals surface area contributed by atoms with E-state index in [1.165, 1.54) is 17.3 Å². The minimum atomic E-state index is -0.288. The Labute approximate surface area is 177 Å². The Bertz CT molecular complexity index is 954. The van der Waals surface area contributed by atoms with E-state index in [0.717, 1.165) is 24.1 Å². The number of benzene rings is 1. The zero-order chi connectivity index (χ0) is 21.3. The molecule has 1 atom stereocenters. The Morgan fingerprint density at radius 3 is 2.45 bits per heavy atom. The van der Waals surface area contributed by atoms with E-state index in [0.29, 0.717) is 23.2 Å². The van der Waals surface area contributed by atoms with Gasteiger partial charge in [0.05, 0.1) is 5.25 Å². The molecule has 1 aromatic heterocycles. The third-order valence-corrected chi connectivity index (χ3v) is 6.47. The molecule has 5 nitrogen and oxygen atoms in total. The monoisotopic (exact) mass is 413 g/mol. The largest absolute Gasteiger partial charge is 0.352 e. The Hall–Kier alpha value is -2.08. The van der Waals surface area contributed by atoms with Crippen molar-refractivity contribution >= 4 is 17.7 Å². The van der Waals surface area contributed by atoms with Crippen molar-refractivity contribution in [1.82, 2.24) is 14.9 Å². The van der Waals surface area contributed by atoms with Crippen molar-refractivity contribution in [2.75, 3.05) is 0 Å². The van der Waals surface area contributed by atoms with Crippen LogP contribution in [0, 0.1) is 6.92 Å².